The van der Waals surface area contributed by atoms with Gasteiger partial charge in [-0.3, -0.25) is 9.59 Å². The van der Waals surface area contributed by atoms with E-state index >= 15 is 0 Å². The van der Waals surface area contributed by atoms with E-state index in [9.17, 15) is 19.2 Å². The number of hydrogen-bond acceptors (Lipinski definition) is 3. The molecule has 4 rings (SSSR count). The number of nitrogens with zero attached hydrogens (tertiary/aromatic N) is 2. The van der Waals surface area contributed by atoms with Gasteiger partial charge in [-0.05, 0) is 66.1 Å². The molecule has 0 bridgehead atoms. The molecule has 0 aromatic heterocycles. The molecule has 1 heterocycles. The smallest absolute Gasteiger partial charge is 0.229 e. The van der Waals surface area contributed by atoms with Crippen molar-refractivity contribution in [3.63, 3.8) is 0 Å². The highest BCUT2D eigenvalue weighted by Crippen LogP contribution is 2.35. The third-order valence-corrected chi connectivity index (χ3v) is 6.46. The number of nitrogens with one attached hydrogen (secondary N) is 1. The van der Waals surface area contributed by atoms with Crippen LogP contribution in [-0.4, -0.2) is 18.4 Å². The van der Waals surface area contributed by atoms with E-state index in [1.165, 1.54) is 29.2 Å². The van der Waals surface area contributed by atoms with E-state index in [1.807, 2.05) is 6.92 Å². The second-order valence-electron chi connectivity index (χ2n) is 8.17. The number of nitriles is 1. The summed E-state index contributed by atoms with van der Waals surface area (Å²) in [6.45, 7) is 2.02. The maximum atomic E-state index is 13.2. The van der Waals surface area contributed by atoms with Gasteiger partial charge in [-0.2, -0.15) is 5.26 Å². The van der Waals surface area contributed by atoms with Crippen molar-refractivity contribution in [1.29, 1.82) is 5.26 Å². The molecule has 1 aliphatic rings. The molecule has 8 heteroatoms. The first-order valence-electron chi connectivity index (χ1n) is 10.6. The Kier molecular flexibility index (Phi) is 6.87. The molecule has 1 fully saturated rings. The number of benzene rings is 3. The Bertz CT molecular complexity index is 1290. The van der Waals surface area contributed by atoms with Gasteiger partial charge in [-0.25, -0.2) is 4.39 Å². The average Bonchev–Trinajstić information content (AvgIpc) is 3.21. The molecule has 5 nitrogen and oxygen atoms in total. The van der Waals surface area contributed by atoms with Crippen molar-refractivity contribution < 1.29 is 14.0 Å². The van der Waals surface area contributed by atoms with Crippen molar-refractivity contribution >= 4 is 46.4 Å². The summed E-state index contributed by atoms with van der Waals surface area (Å²) in [5.41, 5.74) is 3.19. The Morgan fingerprint density at radius 3 is 2.47 bits per heavy atom. The number of carbonyl (C=O) groups is 2. The van der Waals surface area contributed by atoms with E-state index in [0.29, 0.717) is 27.0 Å². The van der Waals surface area contributed by atoms with Crippen LogP contribution in [0.25, 0.3) is 0 Å². The molecule has 3 aromatic rings. The Morgan fingerprint density at radius 1 is 1.15 bits per heavy atom. The molecular weight excluding hydrogens is 476 g/mol. The number of anilines is 2. The van der Waals surface area contributed by atoms with Gasteiger partial charge in [0.15, 0.2) is 0 Å². The molecule has 0 saturated carbocycles. The second-order valence-corrected chi connectivity index (χ2v) is 9.02. The lowest BCUT2D eigenvalue weighted by atomic mass is 9.91. The van der Waals surface area contributed by atoms with Crippen molar-refractivity contribution in [3.05, 3.63) is 93.2 Å². The van der Waals surface area contributed by atoms with E-state index in [4.69, 9.17) is 23.2 Å². The van der Waals surface area contributed by atoms with Gasteiger partial charge in [-0.15, -0.1) is 0 Å². The molecule has 0 radical (unpaired) electrons. The van der Waals surface area contributed by atoms with E-state index in [2.05, 4.69) is 11.4 Å². The first kappa shape index (κ1) is 23.7. The van der Waals surface area contributed by atoms with Gasteiger partial charge in [-0.1, -0.05) is 41.4 Å². The largest absolute Gasteiger partial charge is 0.325 e. The highest BCUT2D eigenvalue weighted by Gasteiger charge is 2.35. The number of halogens is 3. The second kappa shape index (κ2) is 9.84. The zero-order chi connectivity index (χ0) is 24.4. The number of aryl methyl sites for hydroxylation is 1. The molecule has 1 N–H and O–H groups in total. The standard InChI is InChI=1S/C26H20Cl2FN3O2/c1-15-10-21(22(13-30)16-2-4-18(27)5-3-16)23(28)12-24(15)31-26(34)17-11-25(33)32(14-17)20-8-6-19(29)7-9-20/h2-10,12,17,22H,11,14H2,1H3,(H,31,34)/t17-,22-/m1/s1. The molecule has 1 aliphatic heterocycles. The zero-order valence-electron chi connectivity index (χ0n) is 18.2. The van der Waals surface area contributed by atoms with Crippen molar-refractivity contribution in [1.82, 2.24) is 0 Å². The van der Waals surface area contributed by atoms with E-state index in [1.54, 1.807) is 36.4 Å². The normalized spacial score (nSPS) is 16.3. The molecule has 172 valence electrons. The van der Waals surface area contributed by atoms with Gasteiger partial charge in [0.1, 0.15) is 5.82 Å². The molecule has 0 aliphatic carbocycles. The average molecular weight is 496 g/mol. The number of hydrogen-bond donors (Lipinski definition) is 1. The number of carbonyl (C=O) groups excluding carboxylic acids is 2. The van der Waals surface area contributed by atoms with E-state index < -0.39 is 17.7 Å². The Balaban J connectivity index is 1.51. The summed E-state index contributed by atoms with van der Waals surface area (Å²) in [7, 11) is 0. The van der Waals surface area contributed by atoms with Gasteiger partial charge in [0, 0.05) is 34.4 Å². The van der Waals surface area contributed by atoms with Crippen LogP contribution in [0.3, 0.4) is 0 Å². The monoisotopic (exact) mass is 495 g/mol. The van der Waals surface area contributed by atoms with Crippen molar-refractivity contribution in [2.24, 2.45) is 5.92 Å². The minimum Gasteiger partial charge on any atom is -0.325 e. The highest BCUT2D eigenvalue weighted by atomic mass is 35.5. The lowest BCUT2D eigenvalue weighted by Crippen LogP contribution is -2.28. The first-order valence-corrected chi connectivity index (χ1v) is 11.3. The predicted octanol–water partition coefficient (Wildman–Crippen LogP) is 6.09. The molecule has 2 amide bonds. The van der Waals surface area contributed by atoms with Crippen LogP contribution in [-0.2, 0) is 9.59 Å². The van der Waals surface area contributed by atoms with E-state index in [-0.39, 0.29) is 24.8 Å². The minimum atomic E-state index is -0.593. The number of amides is 2. The highest BCUT2D eigenvalue weighted by molar-refractivity contribution is 6.32. The molecule has 34 heavy (non-hydrogen) atoms. The third kappa shape index (κ3) is 4.91. The van der Waals surface area contributed by atoms with E-state index in [0.717, 1.165) is 11.1 Å². The van der Waals surface area contributed by atoms with Crippen LogP contribution in [0.4, 0.5) is 15.8 Å². The van der Waals surface area contributed by atoms with Gasteiger partial charge in [0.05, 0.1) is 17.9 Å². The topological polar surface area (TPSA) is 73.2 Å². The van der Waals surface area contributed by atoms with Crippen LogP contribution in [0.15, 0.2) is 60.7 Å². The van der Waals surface area contributed by atoms with Gasteiger partial charge < -0.3 is 10.2 Å². The van der Waals surface area contributed by atoms with Crippen LogP contribution >= 0.6 is 23.2 Å². The maximum Gasteiger partial charge on any atom is 0.229 e. The maximum absolute atomic E-state index is 13.2. The summed E-state index contributed by atoms with van der Waals surface area (Å²) in [5, 5.41) is 13.5. The number of rotatable bonds is 5. The summed E-state index contributed by atoms with van der Waals surface area (Å²) in [6.07, 6.45) is 0.0567. The summed E-state index contributed by atoms with van der Waals surface area (Å²) in [6, 6.07) is 18.3. The van der Waals surface area contributed by atoms with Gasteiger partial charge >= 0.3 is 0 Å². The van der Waals surface area contributed by atoms with Crippen molar-refractivity contribution in [3.8, 4) is 6.07 Å². The molecule has 0 unspecified atom stereocenters. The Labute approximate surface area is 206 Å². The Hall–Kier alpha value is -3.40. The predicted molar refractivity (Wildman–Crippen MR) is 131 cm³/mol. The quantitative estimate of drug-likeness (QED) is 0.465. The zero-order valence-corrected chi connectivity index (χ0v) is 19.7. The molecule has 2 atom stereocenters. The molecule has 0 spiro atoms. The van der Waals surface area contributed by atoms with Crippen LogP contribution < -0.4 is 10.2 Å². The lowest BCUT2D eigenvalue weighted by Gasteiger charge is -2.18. The van der Waals surface area contributed by atoms with Crippen molar-refractivity contribution in [2.45, 2.75) is 19.3 Å². The molecule has 3 aromatic carbocycles. The Morgan fingerprint density at radius 2 is 1.82 bits per heavy atom. The first-order chi connectivity index (χ1) is 16.3. The molecular formula is C26H20Cl2FN3O2. The lowest BCUT2D eigenvalue weighted by molar-refractivity contribution is -0.122. The van der Waals surface area contributed by atoms with Crippen molar-refractivity contribution in [2.75, 3.05) is 16.8 Å². The van der Waals surface area contributed by atoms with Gasteiger partial charge in [0.2, 0.25) is 11.8 Å². The summed E-state index contributed by atoms with van der Waals surface area (Å²) in [5.74, 6) is -2.05. The summed E-state index contributed by atoms with van der Waals surface area (Å²) >= 11 is 12.5. The summed E-state index contributed by atoms with van der Waals surface area (Å²) in [4.78, 5) is 26.9. The van der Waals surface area contributed by atoms with Gasteiger partial charge in [0.25, 0.3) is 0 Å². The third-order valence-electron chi connectivity index (χ3n) is 5.88. The van der Waals surface area contributed by atoms with Crippen LogP contribution in [0.1, 0.15) is 29.0 Å². The fourth-order valence-corrected chi connectivity index (χ4v) is 4.43. The fraction of sp³-hybridized carbons (Fsp3) is 0.192. The molecule has 1 saturated heterocycles. The van der Waals surface area contributed by atoms with Crippen LogP contribution in [0.2, 0.25) is 10.0 Å². The van der Waals surface area contributed by atoms with Crippen LogP contribution in [0.5, 0.6) is 0 Å². The summed E-state index contributed by atoms with van der Waals surface area (Å²) < 4.78 is 13.2. The SMILES string of the molecule is Cc1cc([C@H](C#N)c2ccc(Cl)cc2)c(Cl)cc1NC(=O)[C@@H]1CC(=O)N(c2ccc(F)cc2)C1. The minimum absolute atomic E-state index is 0.0567. The fourth-order valence-electron chi connectivity index (χ4n) is 4.03. The van der Waals surface area contributed by atoms with Crippen LogP contribution in [0, 0.1) is 30.0 Å².